The minimum absolute atomic E-state index is 0.00390. The van der Waals surface area contributed by atoms with Gasteiger partial charge in [0.05, 0.1) is 11.5 Å². The zero-order valence-corrected chi connectivity index (χ0v) is 13.8. The van der Waals surface area contributed by atoms with Crippen LogP contribution in [-0.2, 0) is 14.8 Å². The Labute approximate surface area is 140 Å². The lowest BCUT2D eigenvalue weighted by atomic mass is 10.3. The fourth-order valence-corrected chi connectivity index (χ4v) is 2.95. The van der Waals surface area contributed by atoms with Crippen LogP contribution in [0.3, 0.4) is 0 Å². The van der Waals surface area contributed by atoms with Gasteiger partial charge in [-0.15, -0.1) is 0 Å². The van der Waals surface area contributed by atoms with Crippen molar-refractivity contribution >= 4 is 27.5 Å². The zero-order chi connectivity index (χ0) is 16.7. The molecule has 0 aromatic heterocycles. The number of carbonyl (C=O) groups excluding carboxylic acids is 1. The number of hydrogen-bond donors (Lipinski definition) is 1. The standard InChI is InChI=1S/C16H16ClNO4S/c17-13-8-10-15(11-9-13)23(20,21)18-16(19)7-4-12-22-14-5-2-1-3-6-14/h1-3,5-6,8-11H,4,7,12H2,(H,18,19). The summed E-state index contributed by atoms with van der Waals surface area (Å²) in [4.78, 5) is 11.7. The maximum absolute atomic E-state index is 12.0. The first kappa shape index (κ1) is 17.3. The maximum atomic E-state index is 12.0. The molecule has 5 nitrogen and oxygen atoms in total. The van der Waals surface area contributed by atoms with Gasteiger partial charge in [0.15, 0.2) is 0 Å². The van der Waals surface area contributed by atoms with Crippen LogP contribution < -0.4 is 9.46 Å². The highest BCUT2D eigenvalue weighted by atomic mass is 35.5. The molecule has 0 spiro atoms. The summed E-state index contributed by atoms with van der Waals surface area (Å²) in [6, 6.07) is 14.8. The van der Waals surface area contributed by atoms with Crippen molar-refractivity contribution in [3.63, 3.8) is 0 Å². The third kappa shape index (κ3) is 5.58. The first-order chi connectivity index (χ1) is 11.0. The molecule has 0 saturated heterocycles. The van der Waals surface area contributed by atoms with Gasteiger partial charge in [0.25, 0.3) is 10.0 Å². The van der Waals surface area contributed by atoms with Crippen LogP contribution in [0.5, 0.6) is 5.75 Å². The summed E-state index contributed by atoms with van der Waals surface area (Å²) in [5.41, 5.74) is 0. The SMILES string of the molecule is O=C(CCCOc1ccccc1)NS(=O)(=O)c1ccc(Cl)cc1. The van der Waals surface area contributed by atoms with Gasteiger partial charge >= 0.3 is 0 Å². The summed E-state index contributed by atoms with van der Waals surface area (Å²) in [7, 11) is -3.86. The van der Waals surface area contributed by atoms with Crippen molar-refractivity contribution < 1.29 is 17.9 Å². The average Bonchev–Trinajstić information content (AvgIpc) is 2.52. The number of hydrogen-bond acceptors (Lipinski definition) is 4. The van der Waals surface area contributed by atoms with Crippen molar-refractivity contribution in [3.05, 3.63) is 59.6 Å². The lowest BCUT2D eigenvalue weighted by Gasteiger charge is -2.08. The van der Waals surface area contributed by atoms with Gasteiger partial charge in [-0.2, -0.15) is 0 Å². The monoisotopic (exact) mass is 353 g/mol. The molecular formula is C16H16ClNO4S. The maximum Gasteiger partial charge on any atom is 0.264 e. The molecule has 2 rings (SSSR count). The van der Waals surface area contributed by atoms with Gasteiger partial charge in [-0.25, -0.2) is 13.1 Å². The Hall–Kier alpha value is -2.05. The van der Waals surface area contributed by atoms with E-state index in [9.17, 15) is 13.2 Å². The third-order valence-corrected chi connectivity index (χ3v) is 4.57. The van der Waals surface area contributed by atoms with E-state index in [1.165, 1.54) is 24.3 Å². The first-order valence-corrected chi connectivity index (χ1v) is 8.82. The Morgan fingerprint density at radius 3 is 2.35 bits per heavy atom. The van der Waals surface area contributed by atoms with Crippen LogP contribution in [-0.4, -0.2) is 20.9 Å². The Kier molecular flexibility index (Phi) is 6.01. The largest absolute Gasteiger partial charge is 0.494 e. The van der Waals surface area contributed by atoms with E-state index >= 15 is 0 Å². The Morgan fingerprint density at radius 2 is 1.70 bits per heavy atom. The summed E-state index contributed by atoms with van der Waals surface area (Å²) in [5, 5.41) is 0.424. The third-order valence-electron chi connectivity index (χ3n) is 2.93. The van der Waals surface area contributed by atoms with E-state index in [1.54, 1.807) is 0 Å². The van der Waals surface area contributed by atoms with Crippen molar-refractivity contribution in [2.45, 2.75) is 17.7 Å². The lowest BCUT2D eigenvalue weighted by molar-refractivity contribution is -0.119. The molecule has 2 aromatic rings. The molecule has 0 aliphatic rings. The topological polar surface area (TPSA) is 72.5 Å². The van der Waals surface area contributed by atoms with Crippen LogP contribution >= 0.6 is 11.6 Å². The van der Waals surface area contributed by atoms with Crippen LogP contribution in [0.2, 0.25) is 5.02 Å². The first-order valence-electron chi connectivity index (χ1n) is 6.96. The van der Waals surface area contributed by atoms with Crippen LogP contribution in [0.4, 0.5) is 0 Å². The highest BCUT2D eigenvalue weighted by molar-refractivity contribution is 7.90. The second-order valence-electron chi connectivity index (χ2n) is 4.75. The molecule has 7 heteroatoms. The predicted octanol–water partition coefficient (Wildman–Crippen LogP) is 3.00. The zero-order valence-electron chi connectivity index (χ0n) is 12.2. The number of sulfonamides is 1. The van der Waals surface area contributed by atoms with Crippen molar-refractivity contribution in [2.75, 3.05) is 6.61 Å². The Morgan fingerprint density at radius 1 is 1.04 bits per heavy atom. The molecule has 122 valence electrons. The second-order valence-corrected chi connectivity index (χ2v) is 6.87. The molecule has 23 heavy (non-hydrogen) atoms. The van der Waals surface area contributed by atoms with Gasteiger partial charge in [0.2, 0.25) is 5.91 Å². The number of amides is 1. The summed E-state index contributed by atoms with van der Waals surface area (Å²) in [5.74, 6) is 0.137. The second kappa shape index (κ2) is 7.99. The normalized spacial score (nSPS) is 11.0. The summed E-state index contributed by atoms with van der Waals surface area (Å²) >= 11 is 5.71. The van der Waals surface area contributed by atoms with Gasteiger partial charge in [-0.1, -0.05) is 29.8 Å². The van der Waals surface area contributed by atoms with Crippen LogP contribution in [0.1, 0.15) is 12.8 Å². The molecular weight excluding hydrogens is 338 g/mol. The van der Waals surface area contributed by atoms with Crippen molar-refractivity contribution in [1.29, 1.82) is 0 Å². The Balaban J connectivity index is 1.79. The van der Waals surface area contributed by atoms with Crippen LogP contribution in [0.15, 0.2) is 59.5 Å². The van der Waals surface area contributed by atoms with Crippen LogP contribution in [0, 0.1) is 0 Å². The quantitative estimate of drug-likeness (QED) is 0.777. The Bertz CT molecular complexity index is 745. The van der Waals surface area contributed by atoms with Gasteiger partial charge in [-0.3, -0.25) is 4.79 Å². The molecule has 1 amide bonds. The van der Waals surface area contributed by atoms with E-state index in [0.717, 1.165) is 0 Å². The molecule has 0 bridgehead atoms. The minimum Gasteiger partial charge on any atom is -0.494 e. The molecule has 1 N–H and O–H groups in total. The number of rotatable bonds is 7. The van der Waals surface area contributed by atoms with E-state index in [2.05, 4.69) is 0 Å². The van der Waals surface area contributed by atoms with Gasteiger partial charge < -0.3 is 4.74 Å². The van der Waals surface area contributed by atoms with Crippen molar-refractivity contribution in [1.82, 2.24) is 4.72 Å². The molecule has 0 saturated carbocycles. The average molecular weight is 354 g/mol. The highest BCUT2D eigenvalue weighted by Gasteiger charge is 2.17. The fourth-order valence-electron chi connectivity index (χ4n) is 1.81. The molecule has 0 unspecified atom stereocenters. The molecule has 0 atom stereocenters. The van der Waals surface area contributed by atoms with E-state index in [4.69, 9.17) is 16.3 Å². The number of ether oxygens (including phenoxy) is 1. The van der Waals surface area contributed by atoms with E-state index in [0.29, 0.717) is 23.8 Å². The number of para-hydroxylation sites is 1. The number of halogens is 1. The summed E-state index contributed by atoms with van der Waals surface area (Å²) in [6.45, 7) is 0.332. The number of carbonyl (C=O) groups is 1. The van der Waals surface area contributed by atoms with E-state index < -0.39 is 15.9 Å². The van der Waals surface area contributed by atoms with E-state index in [1.807, 2.05) is 35.1 Å². The number of benzene rings is 2. The van der Waals surface area contributed by atoms with Gasteiger partial charge in [0.1, 0.15) is 5.75 Å². The summed E-state index contributed by atoms with van der Waals surface area (Å²) < 4.78 is 31.5. The van der Waals surface area contributed by atoms with Crippen molar-refractivity contribution in [2.24, 2.45) is 0 Å². The van der Waals surface area contributed by atoms with Gasteiger partial charge in [-0.05, 0) is 42.8 Å². The van der Waals surface area contributed by atoms with Gasteiger partial charge in [0, 0.05) is 11.4 Å². The minimum atomic E-state index is -3.86. The predicted molar refractivity (Wildman–Crippen MR) is 88.0 cm³/mol. The smallest absolute Gasteiger partial charge is 0.264 e. The molecule has 0 heterocycles. The fraction of sp³-hybridized carbons (Fsp3) is 0.188. The molecule has 0 aliphatic carbocycles. The molecule has 0 fully saturated rings. The summed E-state index contributed by atoms with van der Waals surface area (Å²) in [6.07, 6.45) is 0.469. The molecule has 2 aromatic carbocycles. The van der Waals surface area contributed by atoms with E-state index in [-0.39, 0.29) is 11.3 Å². The van der Waals surface area contributed by atoms with Crippen LogP contribution in [0.25, 0.3) is 0 Å². The molecule has 0 aliphatic heterocycles. The van der Waals surface area contributed by atoms with Crippen molar-refractivity contribution in [3.8, 4) is 5.75 Å². The lowest BCUT2D eigenvalue weighted by Crippen LogP contribution is -2.30. The number of nitrogens with one attached hydrogen (secondary N) is 1. The highest BCUT2D eigenvalue weighted by Crippen LogP contribution is 2.14. The molecule has 0 radical (unpaired) electrons.